The van der Waals surface area contributed by atoms with Gasteiger partial charge in [-0.3, -0.25) is 4.57 Å². The lowest BCUT2D eigenvalue weighted by Gasteiger charge is -2.12. The van der Waals surface area contributed by atoms with Crippen LogP contribution in [-0.2, 0) is 0 Å². The van der Waals surface area contributed by atoms with Crippen LogP contribution in [0.5, 0.6) is 0 Å². The van der Waals surface area contributed by atoms with Crippen molar-refractivity contribution in [3.8, 4) is 16.9 Å². The Morgan fingerprint density at radius 2 is 2.10 bits per heavy atom. The van der Waals surface area contributed by atoms with Crippen LogP contribution in [0.1, 0.15) is 5.56 Å². The number of hydrogen-bond acceptors (Lipinski definition) is 3. The van der Waals surface area contributed by atoms with E-state index in [1.165, 1.54) is 12.1 Å². The fraction of sp³-hybridized carbons (Fsp3) is 0.0667. The number of anilines is 1. The van der Waals surface area contributed by atoms with Crippen molar-refractivity contribution in [1.29, 1.82) is 0 Å². The monoisotopic (exact) mass is 268 g/mol. The van der Waals surface area contributed by atoms with E-state index in [4.69, 9.17) is 5.73 Å². The average molecular weight is 268 g/mol. The predicted molar refractivity (Wildman–Crippen MR) is 75.9 cm³/mol. The smallest absolute Gasteiger partial charge is 0.132 e. The zero-order chi connectivity index (χ0) is 14.1. The summed E-state index contributed by atoms with van der Waals surface area (Å²) >= 11 is 0. The van der Waals surface area contributed by atoms with Gasteiger partial charge in [-0.1, -0.05) is 0 Å². The average Bonchev–Trinajstić information content (AvgIpc) is 2.88. The van der Waals surface area contributed by atoms with E-state index >= 15 is 0 Å². The number of aromatic nitrogens is 3. The van der Waals surface area contributed by atoms with Crippen LogP contribution in [0.4, 0.5) is 10.2 Å². The Morgan fingerprint density at radius 3 is 2.85 bits per heavy atom. The van der Waals surface area contributed by atoms with Crippen molar-refractivity contribution >= 4 is 5.82 Å². The standard InChI is InChI=1S/C15H13FN4/c1-10-7-11(16)4-5-13(10)20-9-18-8-14(20)12-3-2-6-19-15(12)17/h2-9H,1H3,(H2,17,19). The highest BCUT2D eigenvalue weighted by Crippen LogP contribution is 2.27. The molecule has 0 unspecified atom stereocenters. The number of nitrogens with zero attached hydrogens (tertiary/aromatic N) is 3. The summed E-state index contributed by atoms with van der Waals surface area (Å²) in [6.07, 6.45) is 5.04. The molecule has 0 fully saturated rings. The third-order valence-electron chi connectivity index (χ3n) is 3.17. The topological polar surface area (TPSA) is 56.7 Å². The quantitative estimate of drug-likeness (QED) is 0.777. The second-order valence-corrected chi connectivity index (χ2v) is 4.52. The van der Waals surface area contributed by atoms with E-state index in [2.05, 4.69) is 9.97 Å². The van der Waals surface area contributed by atoms with E-state index in [0.29, 0.717) is 5.82 Å². The molecule has 3 aromatic rings. The molecule has 20 heavy (non-hydrogen) atoms. The summed E-state index contributed by atoms with van der Waals surface area (Å²) < 4.78 is 15.1. The molecule has 5 heteroatoms. The Morgan fingerprint density at radius 1 is 1.25 bits per heavy atom. The van der Waals surface area contributed by atoms with Gasteiger partial charge in [-0.15, -0.1) is 0 Å². The maximum absolute atomic E-state index is 13.2. The van der Waals surface area contributed by atoms with E-state index in [9.17, 15) is 4.39 Å². The third-order valence-corrected chi connectivity index (χ3v) is 3.17. The number of nitrogens with two attached hydrogens (primary N) is 1. The second kappa shape index (κ2) is 4.77. The highest BCUT2D eigenvalue weighted by molar-refractivity contribution is 5.72. The highest BCUT2D eigenvalue weighted by Gasteiger charge is 2.12. The molecule has 3 rings (SSSR count). The Bertz CT molecular complexity index is 764. The molecule has 4 nitrogen and oxygen atoms in total. The molecule has 0 aliphatic heterocycles. The molecule has 0 spiro atoms. The van der Waals surface area contributed by atoms with Gasteiger partial charge in [0.15, 0.2) is 0 Å². The molecule has 0 radical (unpaired) electrons. The van der Waals surface area contributed by atoms with Crippen LogP contribution in [0.25, 0.3) is 16.9 Å². The van der Waals surface area contributed by atoms with Crippen molar-refractivity contribution in [3.63, 3.8) is 0 Å². The summed E-state index contributed by atoms with van der Waals surface area (Å²) in [5, 5.41) is 0. The van der Waals surface area contributed by atoms with Crippen molar-refractivity contribution < 1.29 is 4.39 Å². The Hall–Kier alpha value is -2.69. The van der Waals surface area contributed by atoms with E-state index in [0.717, 1.165) is 22.5 Å². The number of halogens is 1. The van der Waals surface area contributed by atoms with Crippen LogP contribution in [0, 0.1) is 12.7 Å². The molecule has 0 saturated heterocycles. The van der Waals surface area contributed by atoms with Crippen LogP contribution in [-0.4, -0.2) is 14.5 Å². The van der Waals surface area contributed by atoms with Gasteiger partial charge in [-0.2, -0.15) is 0 Å². The van der Waals surface area contributed by atoms with Gasteiger partial charge in [0.05, 0.1) is 23.9 Å². The van der Waals surface area contributed by atoms with Gasteiger partial charge in [0.1, 0.15) is 11.6 Å². The molecule has 0 aliphatic rings. The van der Waals surface area contributed by atoms with E-state index in [1.54, 1.807) is 24.8 Å². The Labute approximate surface area is 115 Å². The third kappa shape index (κ3) is 2.03. The predicted octanol–water partition coefficient (Wildman–Crippen LogP) is 2.96. The van der Waals surface area contributed by atoms with Gasteiger partial charge in [-0.25, -0.2) is 14.4 Å². The minimum atomic E-state index is -0.256. The lowest BCUT2D eigenvalue weighted by molar-refractivity contribution is 0.626. The molecule has 0 aliphatic carbocycles. The zero-order valence-electron chi connectivity index (χ0n) is 10.9. The van der Waals surface area contributed by atoms with Crippen LogP contribution in [0.15, 0.2) is 49.1 Å². The van der Waals surface area contributed by atoms with Crippen molar-refractivity contribution in [3.05, 3.63) is 60.4 Å². The number of benzene rings is 1. The van der Waals surface area contributed by atoms with Gasteiger partial charge in [0.25, 0.3) is 0 Å². The number of pyridine rings is 1. The minimum absolute atomic E-state index is 0.256. The van der Waals surface area contributed by atoms with Crippen molar-refractivity contribution in [1.82, 2.24) is 14.5 Å². The van der Waals surface area contributed by atoms with Gasteiger partial charge in [0, 0.05) is 11.8 Å². The second-order valence-electron chi connectivity index (χ2n) is 4.52. The molecule has 100 valence electrons. The van der Waals surface area contributed by atoms with Crippen LogP contribution in [0.3, 0.4) is 0 Å². The summed E-state index contributed by atoms with van der Waals surface area (Å²) in [4.78, 5) is 8.25. The Kier molecular flexibility index (Phi) is 2.95. The molecular formula is C15H13FN4. The van der Waals surface area contributed by atoms with Gasteiger partial charge < -0.3 is 5.73 Å². The maximum Gasteiger partial charge on any atom is 0.132 e. The fourth-order valence-electron chi connectivity index (χ4n) is 2.21. The van der Waals surface area contributed by atoms with E-state index in [1.807, 2.05) is 23.6 Å². The molecule has 0 amide bonds. The van der Waals surface area contributed by atoms with Gasteiger partial charge >= 0.3 is 0 Å². The lowest BCUT2D eigenvalue weighted by atomic mass is 10.1. The lowest BCUT2D eigenvalue weighted by Crippen LogP contribution is -2.01. The first-order valence-electron chi connectivity index (χ1n) is 6.16. The van der Waals surface area contributed by atoms with Crippen LogP contribution < -0.4 is 5.73 Å². The maximum atomic E-state index is 13.2. The molecule has 2 N–H and O–H groups in total. The molecule has 0 saturated carbocycles. The number of imidazole rings is 1. The van der Waals surface area contributed by atoms with Gasteiger partial charge in [0.2, 0.25) is 0 Å². The molecule has 2 aromatic heterocycles. The molecule has 2 heterocycles. The first-order chi connectivity index (χ1) is 9.66. The molecule has 0 bridgehead atoms. The van der Waals surface area contributed by atoms with Gasteiger partial charge in [-0.05, 0) is 42.8 Å². The molecule has 1 aromatic carbocycles. The SMILES string of the molecule is Cc1cc(F)ccc1-n1cncc1-c1cccnc1N. The minimum Gasteiger partial charge on any atom is -0.383 e. The number of nitrogen functional groups attached to an aromatic ring is 1. The van der Waals surface area contributed by atoms with Crippen molar-refractivity contribution in [2.75, 3.05) is 5.73 Å². The number of aryl methyl sites for hydroxylation is 1. The zero-order valence-corrected chi connectivity index (χ0v) is 10.9. The van der Waals surface area contributed by atoms with Crippen LogP contribution in [0.2, 0.25) is 0 Å². The first-order valence-corrected chi connectivity index (χ1v) is 6.16. The largest absolute Gasteiger partial charge is 0.383 e. The van der Waals surface area contributed by atoms with Crippen molar-refractivity contribution in [2.24, 2.45) is 0 Å². The van der Waals surface area contributed by atoms with Crippen LogP contribution >= 0.6 is 0 Å². The highest BCUT2D eigenvalue weighted by atomic mass is 19.1. The summed E-state index contributed by atoms with van der Waals surface area (Å²) in [5.41, 5.74) is 9.22. The fourth-order valence-corrected chi connectivity index (χ4v) is 2.21. The summed E-state index contributed by atoms with van der Waals surface area (Å²) in [5.74, 6) is 0.183. The van der Waals surface area contributed by atoms with E-state index in [-0.39, 0.29) is 5.82 Å². The summed E-state index contributed by atoms with van der Waals surface area (Å²) in [6, 6.07) is 8.35. The summed E-state index contributed by atoms with van der Waals surface area (Å²) in [6.45, 7) is 1.86. The first kappa shape index (κ1) is 12.3. The van der Waals surface area contributed by atoms with E-state index < -0.39 is 0 Å². The Balaban J connectivity index is 2.18. The molecular weight excluding hydrogens is 255 g/mol. The van der Waals surface area contributed by atoms with Crippen molar-refractivity contribution in [2.45, 2.75) is 6.92 Å². The summed E-state index contributed by atoms with van der Waals surface area (Å²) in [7, 11) is 0. The number of rotatable bonds is 2. The number of hydrogen-bond donors (Lipinski definition) is 1. The molecule has 0 atom stereocenters. The normalized spacial score (nSPS) is 10.7.